The lowest BCUT2D eigenvalue weighted by molar-refractivity contribution is -0.135. The Bertz CT molecular complexity index is 418. The molecule has 1 amide bonds. The molecule has 7 heteroatoms. The van der Waals surface area contributed by atoms with E-state index in [1.54, 1.807) is 24.3 Å². The molecule has 0 radical (unpaired) electrons. The second-order valence-corrected chi connectivity index (χ2v) is 4.08. The summed E-state index contributed by atoms with van der Waals surface area (Å²) in [7, 11) is 0. The van der Waals surface area contributed by atoms with Gasteiger partial charge in [0.1, 0.15) is 5.75 Å². The quantitative estimate of drug-likeness (QED) is 0.834. The Morgan fingerprint density at radius 3 is 2.68 bits per heavy atom. The predicted octanol–water partition coefficient (Wildman–Crippen LogP) is 1.80. The minimum atomic E-state index is -2.66. The zero-order chi connectivity index (χ0) is 14.3. The van der Waals surface area contributed by atoms with E-state index in [1.807, 2.05) is 0 Å². The maximum Gasteiger partial charge on any atom is 0.260 e. The lowest BCUT2D eigenvalue weighted by Gasteiger charge is -2.21. The molecule has 0 spiro atoms. The Morgan fingerprint density at radius 1 is 1.42 bits per heavy atom. The van der Waals surface area contributed by atoms with Crippen LogP contribution in [0.4, 0.5) is 8.78 Å². The van der Waals surface area contributed by atoms with Crippen molar-refractivity contribution in [3.8, 4) is 5.75 Å². The fraction of sp³-hybridized carbons (Fsp3) is 0.417. The lowest BCUT2D eigenvalue weighted by atomic mass is 10.3. The molecular formula is C12H14ClF2NO3. The molecule has 1 N–H and O–H groups in total. The van der Waals surface area contributed by atoms with Crippen LogP contribution in [-0.4, -0.2) is 48.6 Å². The van der Waals surface area contributed by atoms with Crippen molar-refractivity contribution >= 4 is 17.5 Å². The summed E-state index contributed by atoms with van der Waals surface area (Å²) < 4.78 is 29.7. The number of ether oxygens (including phenoxy) is 1. The van der Waals surface area contributed by atoms with E-state index in [1.165, 1.54) is 0 Å². The van der Waals surface area contributed by atoms with Gasteiger partial charge in [-0.05, 0) is 12.1 Å². The van der Waals surface area contributed by atoms with Crippen LogP contribution in [0.25, 0.3) is 0 Å². The smallest absolute Gasteiger partial charge is 0.260 e. The summed E-state index contributed by atoms with van der Waals surface area (Å²) in [5, 5.41) is 9.06. The normalized spacial score (nSPS) is 10.6. The summed E-state index contributed by atoms with van der Waals surface area (Å²) in [6.07, 6.45) is -2.66. The highest BCUT2D eigenvalue weighted by molar-refractivity contribution is 6.32. The summed E-state index contributed by atoms with van der Waals surface area (Å²) in [6.45, 7) is -1.68. The van der Waals surface area contributed by atoms with Crippen molar-refractivity contribution in [2.75, 3.05) is 26.3 Å². The van der Waals surface area contributed by atoms with Gasteiger partial charge < -0.3 is 14.7 Å². The number of halogens is 3. The van der Waals surface area contributed by atoms with Crippen LogP contribution in [-0.2, 0) is 4.79 Å². The molecule has 0 aliphatic carbocycles. The highest BCUT2D eigenvalue weighted by atomic mass is 35.5. The van der Waals surface area contributed by atoms with E-state index in [-0.39, 0.29) is 13.2 Å². The molecule has 0 aromatic heterocycles. The van der Waals surface area contributed by atoms with E-state index >= 15 is 0 Å². The maximum absolute atomic E-state index is 12.3. The first-order valence-corrected chi connectivity index (χ1v) is 5.96. The monoisotopic (exact) mass is 293 g/mol. The minimum absolute atomic E-state index is 0.158. The highest BCUT2D eigenvalue weighted by Gasteiger charge is 2.18. The van der Waals surface area contributed by atoms with E-state index in [9.17, 15) is 13.6 Å². The topological polar surface area (TPSA) is 49.8 Å². The van der Waals surface area contributed by atoms with Crippen molar-refractivity contribution in [1.82, 2.24) is 4.90 Å². The number of hydrogen-bond donors (Lipinski definition) is 1. The summed E-state index contributed by atoms with van der Waals surface area (Å²) in [5.41, 5.74) is 0. The van der Waals surface area contributed by atoms with Crippen LogP contribution >= 0.6 is 11.6 Å². The molecule has 0 atom stereocenters. The first-order chi connectivity index (χ1) is 9.04. The molecule has 1 rings (SSSR count). The summed E-state index contributed by atoms with van der Waals surface area (Å²) >= 11 is 5.82. The van der Waals surface area contributed by atoms with Gasteiger partial charge in [-0.25, -0.2) is 8.78 Å². The molecule has 1 aromatic rings. The van der Waals surface area contributed by atoms with Gasteiger partial charge in [-0.3, -0.25) is 4.79 Å². The third kappa shape index (κ3) is 5.40. The highest BCUT2D eigenvalue weighted by Crippen LogP contribution is 2.22. The van der Waals surface area contributed by atoms with Crippen LogP contribution in [0.5, 0.6) is 5.75 Å². The van der Waals surface area contributed by atoms with Crippen LogP contribution < -0.4 is 4.74 Å². The molecule has 19 heavy (non-hydrogen) atoms. The van der Waals surface area contributed by atoms with Gasteiger partial charge in [-0.2, -0.15) is 0 Å². The van der Waals surface area contributed by atoms with Gasteiger partial charge in [0, 0.05) is 6.54 Å². The summed E-state index contributed by atoms with van der Waals surface area (Å²) in [5.74, 6) is -0.326. The fourth-order valence-corrected chi connectivity index (χ4v) is 1.59. The molecule has 0 aliphatic heterocycles. The molecule has 0 unspecified atom stereocenters. The Kier molecular flexibility index (Phi) is 6.52. The van der Waals surface area contributed by atoms with Crippen molar-refractivity contribution < 1.29 is 23.4 Å². The number of carbonyl (C=O) groups is 1. The van der Waals surface area contributed by atoms with Gasteiger partial charge in [0.25, 0.3) is 12.3 Å². The number of nitrogens with zero attached hydrogens (tertiary/aromatic N) is 1. The molecule has 0 aliphatic rings. The average molecular weight is 294 g/mol. The van der Waals surface area contributed by atoms with Gasteiger partial charge in [0.2, 0.25) is 0 Å². The van der Waals surface area contributed by atoms with E-state index in [0.717, 1.165) is 4.90 Å². The number of rotatable bonds is 7. The number of para-hydroxylation sites is 1. The number of carbonyl (C=O) groups excluding carboxylic acids is 1. The number of aliphatic hydroxyl groups is 1. The molecule has 4 nitrogen and oxygen atoms in total. The third-order valence-corrected chi connectivity index (χ3v) is 2.58. The number of hydrogen-bond acceptors (Lipinski definition) is 3. The van der Waals surface area contributed by atoms with Crippen molar-refractivity contribution in [3.63, 3.8) is 0 Å². The predicted molar refractivity (Wildman–Crippen MR) is 66.6 cm³/mol. The zero-order valence-electron chi connectivity index (χ0n) is 10.1. The number of alkyl halides is 2. The van der Waals surface area contributed by atoms with Crippen molar-refractivity contribution in [3.05, 3.63) is 29.3 Å². The zero-order valence-corrected chi connectivity index (χ0v) is 10.8. The van der Waals surface area contributed by atoms with Crippen LogP contribution in [0.3, 0.4) is 0 Å². The van der Waals surface area contributed by atoms with Crippen LogP contribution in [0.15, 0.2) is 24.3 Å². The Morgan fingerprint density at radius 2 is 2.11 bits per heavy atom. The standard InChI is InChI=1S/C12H14ClF2NO3/c13-9-3-1-2-4-10(9)19-8-12(18)16(5-6-17)7-11(14)15/h1-4,11,17H,5-8H2. The number of aliphatic hydroxyl groups excluding tert-OH is 1. The molecule has 0 heterocycles. The summed E-state index contributed by atoms with van der Waals surface area (Å²) in [4.78, 5) is 12.5. The van der Waals surface area contributed by atoms with E-state index in [4.69, 9.17) is 21.4 Å². The maximum atomic E-state index is 12.3. The molecule has 0 saturated carbocycles. The van der Waals surface area contributed by atoms with Gasteiger partial charge >= 0.3 is 0 Å². The molecule has 106 valence electrons. The van der Waals surface area contributed by atoms with Crippen LogP contribution in [0, 0.1) is 0 Å². The van der Waals surface area contributed by atoms with Crippen LogP contribution in [0.2, 0.25) is 5.02 Å². The average Bonchev–Trinajstić information content (AvgIpc) is 2.36. The number of amides is 1. The van der Waals surface area contributed by atoms with E-state index in [2.05, 4.69) is 0 Å². The molecule has 1 aromatic carbocycles. The number of benzene rings is 1. The molecular weight excluding hydrogens is 280 g/mol. The van der Waals surface area contributed by atoms with Gasteiger partial charge in [0.15, 0.2) is 6.61 Å². The molecule has 0 saturated heterocycles. The molecule has 0 fully saturated rings. The third-order valence-electron chi connectivity index (χ3n) is 2.27. The van der Waals surface area contributed by atoms with Crippen LogP contribution in [0.1, 0.15) is 0 Å². The first-order valence-electron chi connectivity index (χ1n) is 5.58. The second-order valence-electron chi connectivity index (χ2n) is 3.67. The Labute approximate surface area is 114 Å². The SMILES string of the molecule is O=C(COc1ccccc1Cl)N(CCO)CC(F)F. The van der Waals surface area contributed by atoms with Gasteiger partial charge in [0.05, 0.1) is 18.2 Å². The van der Waals surface area contributed by atoms with Crippen molar-refractivity contribution in [2.45, 2.75) is 6.43 Å². The van der Waals surface area contributed by atoms with E-state index < -0.39 is 25.5 Å². The van der Waals surface area contributed by atoms with Crippen molar-refractivity contribution in [2.24, 2.45) is 0 Å². The largest absolute Gasteiger partial charge is 0.482 e. The van der Waals surface area contributed by atoms with Gasteiger partial charge in [-0.15, -0.1) is 0 Å². The molecule has 0 bridgehead atoms. The first kappa shape index (κ1) is 15.7. The second kappa shape index (κ2) is 7.91. The minimum Gasteiger partial charge on any atom is -0.482 e. The Balaban J connectivity index is 2.55. The Hall–Kier alpha value is -1.40. The van der Waals surface area contributed by atoms with Gasteiger partial charge in [-0.1, -0.05) is 23.7 Å². The van der Waals surface area contributed by atoms with Crippen molar-refractivity contribution in [1.29, 1.82) is 0 Å². The van der Waals surface area contributed by atoms with E-state index in [0.29, 0.717) is 10.8 Å². The fourth-order valence-electron chi connectivity index (χ4n) is 1.40. The summed E-state index contributed by atoms with van der Waals surface area (Å²) in [6, 6.07) is 6.54. The lowest BCUT2D eigenvalue weighted by Crippen LogP contribution is -2.40.